The second kappa shape index (κ2) is 5.47. The molecule has 0 fully saturated rings. The third-order valence-corrected chi connectivity index (χ3v) is 2.33. The van der Waals surface area contributed by atoms with E-state index in [9.17, 15) is 8.78 Å². The number of benzene rings is 1. The third kappa shape index (κ3) is 2.70. The highest BCUT2D eigenvalue weighted by Gasteiger charge is 2.13. The number of halogens is 2. The predicted octanol–water partition coefficient (Wildman–Crippen LogP) is 2.48. The highest BCUT2D eigenvalue weighted by atomic mass is 19.1. The molecule has 0 amide bonds. The number of anilines is 3. The Labute approximate surface area is 108 Å². The first-order chi connectivity index (χ1) is 9.13. The van der Waals surface area contributed by atoms with Crippen molar-refractivity contribution >= 4 is 17.2 Å². The van der Waals surface area contributed by atoms with E-state index in [1.807, 2.05) is 0 Å². The summed E-state index contributed by atoms with van der Waals surface area (Å²) in [5.74, 6) is -1.23. The van der Waals surface area contributed by atoms with Crippen LogP contribution in [0.4, 0.5) is 26.0 Å². The highest BCUT2D eigenvalue weighted by molar-refractivity contribution is 5.72. The lowest BCUT2D eigenvalue weighted by Gasteiger charge is -2.12. The average Bonchev–Trinajstić information content (AvgIpc) is 2.38. The van der Waals surface area contributed by atoms with E-state index in [0.29, 0.717) is 6.61 Å². The van der Waals surface area contributed by atoms with Gasteiger partial charge in [-0.05, 0) is 19.1 Å². The van der Waals surface area contributed by atoms with Gasteiger partial charge in [0.05, 0.1) is 6.61 Å². The van der Waals surface area contributed by atoms with Gasteiger partial charge in [0.1, 0.15) is 29.3 Å². The van der Waals surface area contributed by atoms with E-state index >= 15 is 0 Å². The van der Waals surface area contributed by atoms with Crippen LogP contribution in [0.5, 0.6) is 5.88 Å². The summed E-state index contributed by atoms with van der Waals surface area (Å²) in [4.78, 5) is 7.67. The third-order valence-electron chi connectivity index (χ3n) is 2.33. The van der Waals surface area contributed by atoms with E-state index in [0.717, 1.165) is 12.1 Å². The lowest BCUT2D eigenvalue weighted by atomic mass is 10.3. The Morgan fingerprint density at radius 2 is 1.95 bits per heavy atom. The van der Waals surface area contributed by atoms with Crippen molar-refractivity contribution in [2.75, 3.05) is 17.7 Å². The van der Waals surface area contributed by atoms with E-state index in [1.54, 1.807) is 6.92 Å². The lowest BCUT2D eigenvalue weighted by Crippen LogP contribution is -2.06. The molecule has 0 atom stereocenters. The van der Waals surface area contributed by atoms with Crippen LogP contribution in [0.3, 0.4) is 0 Å². The Kier molecular flexibility index (Phi) is 3.74. The van der Waals surface area contributed by atoms with E-state index in [1.165, 1.54) is 12.4 Å². The molecule has 0 aliphatic rings. The van der Waals surface area contributed by atoms with Gasteiger partial charge in [-0.15, -0.1) is 0 Å². The quantitative estimate of drug-likeness (QED) is 0.889. The Hall–Kier alpha value is -2.44. The summed E-state index contributed by atoms with van der Waals surface area (Å²) in [6.45, 7) is 2.14. The maximum absolute atomic E-state index is 13.5. The second-order valence-electron chi connectivity index (χ2n) is 3.60. The molecule has 2 aromatic rings. The molecule has 2 rings (SSSR count). The minimum Gasteiger partial charge on any atom is -0.476 e. The number of aromatic nitrogens is 2. The van der Waals surface area contributed by atoms with Gasteiger partial charge in [-0.3, -0.25) is 0 Å². The Balaban J connectivity index is 2.36. The number of para-hydroxylation sites is 1. The molecular formula is C12H12F2N4O. The van der Waals surface area contributed by atoms with Crippen molar-refractivity contribution in [1.29, 1.82) is 0 Å². The Morgan fingerprint density at radius 1 is 1.26 bits per heavy atom. The molecule has 0 unspecified atom stereocenters. The van der Waals surface area contributed by atoms with Crippen LogP contribution in [0.25, 0.3) is 0 Å². The molecule has 7 heteroatoms. The number of hydrogen-bond donors (Lipinski definition) is 2. The van der Waals surface area contributed by atoms with Crippen molar-refractivity contribution in [2.45, 2.75) is 6.92 Å². The van der Waals surface area contributed by atoms with Gasteiger partial charge in [0.15, 0.2) is 5.82 Å². The molecule has 0 aliphatic carbocycles. The van der Waals surface area contributed by atoms with Crippen LogP contribution < -0.4 is 15.8 Å². The van der Waals surface area contributed by atoms with E-state index in [2.05, 4.69) is 15.3 Å². The van der Waals surface area contributed by atoms with Gasteiger partial charge in [-0.2, -0.15) is 4.98 Å². The number of ether oxygens (including phenoxy) is 1. The summed E-state index contributed by atoms with van der Waals surface area (Å²) >= 11 is 0. The highest BCUT2D eigenvalue weighted by Crippen LogP contribution is 2.29. The first-order valence-electron chi connectivity index (χ1n) is 5.57. The Morgan fingerprint density at radius 3 is 2.58 bits per heavy atom. The van der Waals surface area contributed by atoms with Gasteiger partial charge in [-0.25, -0.2) is 13.8 Å². The topological polar surface area (TPSA) is 73.1 Å². The fraction of sp³-hybridized carbons (Fsp3) is 0.167. The SMILES string of the molecule is CCOc1ncnc(Nc2c(F)cccc2F)c1N. The molecular weight excluding hydrogens is 254 g/mol. The second-order valence-corrected chi connectivity index (χ2v) is 3.60. The van der Waals surface area contributed by atoms with E-state index in [-0.39, 0.29) is 23.1 Å². The maximum Gasteiger partial charge on any atom is 0.242 e. The number of nitrogen functional groups attached to an aromatic ring is 1. The molecule has 0 saturated heterocycles. The average molecular weight is 266 g/mol. The van der Waals surface area contributed by atoms with Crippen molar-refractivity contribution < 1.29 is 13.5 Å². The summed E-state index contributed by atoms with van der Waals surface area (Å²) in [6, 6.07) is 3.53. The van der Waals surface area contributed by atoms with Crippen LogP contribution in [0.1, 0.15) is 6.92 Å². The largest absolute Gasteiger partial charge is 0.476 e. The van der Waals surface area contributed by atoms with Gasteiger partial charge in [-0.1, -0.05) is 6.07 Å². The minimum absolute atomic E-state index is 0.0856. The molecule has 1 aromatic heterocycles. The van der Waals surface area contributed by atoms with Gasteiger partial charge in [0.25, 0.3) is 0 Å². The molecule has 1 heterocycles. The van der Waals surface area contributed by atoms with Crippen molar-refractivity contribution in [2.24, 2.45) is 0 Å². The van der Waals surface area contributed by atoms with Crippen LogP contribution in [-0.4, -0.2) is 16.6 Å². The normalized spacial score (nSPS) is 10.3. The molecule has 3 N–H and O–H groups in total. The number of nitrogens with two attached hydrogens (primary N) is 1. The molecule has 5 nitrogen and oxygen atoms in total. The number of nitrogens with zero attached hydrogens (tertiary/aromatic N) is 2. The van der Waals surface area contributed by atoms with Gasteiger partial charge >= 0.3 is 0 Å². The number of hydrogen-bond acceptors (Lipinski definition) is 5. The summed E-state index contributed by atoms with van der Waals surface area (Å²) in [5, 5.41) is 2.50. The standard InChI is InChI=1S/C12H12F2N4O/c1-2-19-12-9(15)11(16-6-17-12)18-10-7(13)4-3-5-8(10)14/h3-6H,2,15H2,1H3,(H,16,17,18). The first-order valence-corrected chi connectivity index (χ1v) is 5.57. The van der Waals surface area contributed by atoms with Crippen LogP contribution in [0, 0.1) is 11.6 Å². The van der Waals surface area contributed by atoms with Crippen molar-refractivity contribution in [3.05, 3.63) is 36.2 Å². The van der Waals surface area contributed by atoms with Gasteiger partial charge < -0.3 is 15.8 Å². The van der Waals surface area contributed by atoms with E-state index < -0.39 is 11.6 Å². The number of nitrogens with one attached hydrogen (secondary N) is 1. The molecule has 0 aliphatic heterocycles. The molecule has 1 aromatic carbocycles. The maximum atomic E-state index is 13.5. The summed E-state index contributed by atoms with van der Waals surface area (Å²) < 4.78 is 32.2. The van der Waals surface area contributed by atoms with Gasteiger partial charge in [0.2, 0.25) is 5.88 Å². The zero-order valence-corrected chi connectivity index (χ0v) is 10.2. The van der Waals surface area contributed by atoms with E-state index in [4.69, 9.17) is 10.5 Å². The smallest absolute Gasteiger partial charge is 0.242 e. The van der Waals surface area contributed by atoms with Crippen molar-refractivity contribution in [3.63, 3.8) is 0 Å². The molecule has 0 saturated carbocycles. The summed E-state index contributed by atoms with van der Waals surface area (Å²) in [6.07, 6.45) is 1.20. The molecule has 0 bridgehead atoms. The van der Waals surface area contributed by atoms with Crippen LogP contribution in [0.15, 0.2) is 24.5 Å². The molecule has 100 valence electrons. The monoisotopic (exact) mass is 266 g/mol. The van der Waals surface area contributed by atoms with Crippen LogP contribution in [-0.2, 0) is 0 Å². The zero-order valence-electron chi connectivity index (χ0n) is 10.2. The van der Waals surface area contributed by atoms with Crippen molar-refractivity contribution in [3.8, 4) is 5.88 Å². The molecule has 19 heavy (non-hydrogen) atoms. The molecule has 0 spiro atoms. The fourth-order valence-corrected chi connectivity index (χ4v) is 1.47. The molecule has 0 radical (unpaired) electrons. The summed E-state index contributed by atoms with van der Waals surface area (Å²) in [5.41, 5.74) is 5.53. The minimum atomic E-state index is -0.740. The Bertz CT molecular complexity index is 572. The summed E-state index contributed by atoms with van der Waals surface area (Å²) in [7, 11) is 0. The van der Waals surface area contributed by atoms with Crippen LogP contribution >= 0.6 is 0 Å². The fourth-order valence-electron chi connectivity index (χ4n) is 1.47. The van der Waals surface area contributed by atoms with Crippen molar-refractivity contribution in [1.82, 2.24) is 9.97 Å². The lowest BCUT2D eigenvalue weighted by molar-refractivity contribution is 0.328. The first kappa shape index (κ1) is 13.0. The number of rotatable bonds is 4. The zero-order chi connectivity index (χ0) is 13.8. The van der Waals surface area contributed by atoms with Crippen LogP contribution in [0.2, 0.25) is 0 Å². The van der Waals surface area contributed by atoms with Gasteiger partial charge in [0, 0.05) is 0 Å². The predicted molar refractivity (Wildman–Crippen MR) is 67.3 cm³/mol.